The zero-order valence-corrected chi connectivity index (χ0v) is 17.7. The van der Waals surface area contributed by atoms with Crippen molar-refractivity contribution in [3.05, 3.63) is 46.1 Å². The number of anilines is 1. The lowest BCUT2D eigenvalue weighted by atomic mass is 9.93. The molecular weight excluding hydrogens is 406 g/mol. The Balaban J connectivity index is 1.42. The molecule has 0 saturated heterocycles. The van der Waals surface area contributed by atoms with Crippen LogP contribution in [-0.2, 0) is 13.1 Å². The van der Waals surface area contributed by atoms with Crippen LogP contribution in [0.3, 0.4) is 0 Å². The average molecular weight is 430 g/mol. The number of rotatable bonds is 6. The molecule has 3 heterocycles. The fourth-order valence-electron chi connectivity index (χ4n) is 4.64. The van der Waals surface area contributed by atoms with Crippen LogP contribution in [-0.4, -0.2) is 39.3 Å². The van der Waals surface area contributed by atoms with Crippen molar-refractivity contribution in [3.8, 4) is 11.6 Å². The number of aromatic nitrogens is 1. The molecule has 3 aliphatic rings. The zero-order chi connectivity index (χ0) is 21.0. The van der Waals surface area contributed by atoms with Crippen LogP contribution in [0, 0.1) is 5.92 Å². The van der Waals surface area contributed by atoms with E-state index in [0.29, 0.717) is 46.9 Å². The van der Waals surface area contributed by atoms with Crippen LogP contribution in [0.15, 0.2) is 24.4 Å². The third kappa shape index (κ3) is 3.26. The molecule has 0 bridgehead atoms. The van der Waals surface area contributed by atoms with E-state index in [4.69, 9.17) is 21.1 Å². The summed E-state index contributed by atoms with van der Waals surface area (Å²) in [4.78, 5) is 19.4. The number of ether oxygens (including phenoxy) is 2. The molecule has 0 spiro atoms. The summed E-state index contributed by atoms with van der Waals surface area (Å²) in [6.45, 7) is 4.62. The number of hydrogen-bond donors (Lipinski definition) is 2. The summed E-state index contributed by atoms with van der Waals surface area (Å²) in [7, 11) is 0. The molecule has 1 fully saturated rings. The van der Waals surface area contributed by atoms with Gasteiger partial charge in [-0.15, -0.1) is 0 Å². The van der Waals surface area contributed by atoms with Gasteiger partial charge < -0.3 is 24.8 Å². The van der Waals surface area contributed by atoms with E-state index in [1.54, 1.807) is 13.8 Å². The first-order valence-corrected chi connectivity index (χ1v) is 10.5. The molecular formula is C22H24ClN3O4. The standard InChI is InChI=1S/C22H24ClN3O4/c1-22(2,28)19(12-6-7-12)26-10-14-5-3-4-13(16(14)21(26)27)8-24-17-15(23)9-25-20-18(17)29-11-30-20/h3-5,9,12,19,28H,6-8,10-11H2,1-2H3,(H,24,25)/t19-/m1/s1. The van der Waals surface area contributed by atoms with Gasteiger partial charge in [0, 0.05) is 18.7 Å². The number of pyridine rings is 1. The van der Waals surface area contributed by atoms with Crippen LogP contribution < -0.4 is 14.8 Å². The first kappa shape index (κ1) is 19.5. The van der Waals surface area contributed by atoms with E-state index in [2.05, 4.69) is 10.3 Å². The second-order valence-corrected chi connectivity index (χ2v) is 9.10. The molecule has 2 N–H and O–H groups in total. The summed E-state index contributed by atoms with van der Waals surface area (Å²) in [5, 5.41) is 14.5. The van der Waals surface area contributed by atoms with Crippen molar-refractivity contribution >= 4 is 23.2 Å². The number of fused-ring (bicyclic) bond motifs is 2. The van der Waals surface area contributed by atoms with Crippen molar-refractivity contribution < 1.29 is 19.4 Å². The smallest absolute Gasteiger partial charge is 0.262 e. The van der Waals surface area contributed by atoms with Gasteiger partial charge >= 0.3 is 0 Å². The second-order valence-electron chi connectivity index (χ2n) is 8.70. The number of nitrogens with one attached hydrogen (secondary N) is 1. The third-order valence-electron chi connectivity index (χ3n) is 5.99. The maximum absolute atomic E-state index is 13.4. The number of aliphatic hydroxyl groups is 1. The SMILES string of the molecule is CC(C)(O)[C@@H](C1CC1)N1Cc2cccc(CNc3c(Cl)cnc4c3OCO4)c2C1=O. The summed E-state index contributed by atoms with van der Waals surface area (Å²) in [6, 6.07) is 5.71. The Kier molecular flexibility index (Phi) is 4.56. The Hall–Kier alpha value is -2.51. The fourth-order valence-corrected chi connectivity index (χ4v) is 4.84. The van der Waals surface area contributed by atoms with Gasteiger partial charge in [-0.2, -0.15) is 0 Å². The van der Waals surface area contributed by atoms with Gasteiger partial charge in [-0.05, 0) is 43.7 Å². The number of carbonyl (C=O) groups excluding carboxylic acids is 1. The lowest BCUT2D eigenvalue weighted by Gasteiger charge is -2.37. The molecule has 1 aliphatic carbocycles. The van der Waals surface area contributed by atoms with Crippen LogP contribution in [0.5, 0.6) is 11.6 Å². The Morgan fingerprint density at radius 3 is 2.90 bits per heavy atom. The second kappa shape index (κ2) is 7.03. The van der Waals surface area contributed by atoms with Gasteiger partial charge in [-0.1, -0.05) is 29.8 Å². The molecule has 1 aromatic carbocycles. The van der Waals surface area contributed by atoms with Gasteiger partial charge in [0.1, 0.15) is 5.69 Å². The fraction of sp³-hybridized carbons (Fsp3) is 0.455. The van der Waals surface area contributed by atoms with Gasteiger partial charge in [-0.3, -0.25) is 4.79 Å². The number of nitrogens with zero attached hydrogens (tertiary/aromatic N) is 2. The monoisotopic (exact) mass is 429 g/mol. The lowest BCUT2D eigenvalue weighted by molar-refractivity contribution is -0.0224. The topological polar surface area (TPSA) is 83.9 Å². The zero-order valence-electron chi connectivity index (χ0n) is 16.9. The van der Waals surface area contributed by atoms with Crippen LogP contribution in [0.25, 0.3) is 0 Å². The molecule has 5 rings (SSSR count). The highest BCUT2D eigenvalue weighted by Gasteiger charge is 2.48. The van der Waals surface area contributed by atoms with Gasteiger partial charge in [0.2, 0.25) is 12.5 Å². The van der Waals surface area contributed by atoms with Gasteiger partial charge in [0.05, 0.1) is 22.9 Å². The largest absolute Gasteiger partial charge is 0.449 e. The Morgan fingerprint density at radius 1 is 1.37 bits per heavy atom. The van der Waals surface area contributed by atoms with E-state index in [-0.39, 0.29) is 18.7 Å². The summed E-state index contributed by atoms with van der Waals surface area (Å²) in [6.07, 6.45) is 3.62. The Morgan fingerprint density at radius 2 is 2.17 bits per heavy atom. The van der Waals surface area contributed by atoms with Crippen LogP contribution in [0.2, 0.25) is 5.02 Å². The predicted molar refractivity (Wildman–Crippen MR) is 112 cm³/mol. The first-order chi connectivity index (χ1) is 14.3. The highest BCUT2D eigenvalue weighted by Crippen LogP contribution is 2.44. The van der Waals surface area contributed by atoms with Crippen molar-refractivity contribution in [2.24, 2.45) is 5.92 Å². The minimum Gasteiger partial charge on any atom is -0.449 e. The highest BCUT2D eigenvalue weighted by molar-refractivity contribution is 6.33. The van der Waals surface area contributed by atoms with Crippen molar-refractivity contribution in [1.82, 2.24) is 9.88 Å². The van der Waals surface area contributed by atoms with E-state index < -0.39 is 5.60 Å². The summed E-state index contributed by atoms with van der Waals surface area (Å²) in [5.41, 5.74) is 2.23. The summed E-state index contributed by atoms with van der Waals surface area (Å²) in [5.74, 6) is 1.23. The van der Waals surface area contributed by atoms with E-state index in [0.717, 1.165) is 24.0 Å². The van der Waals surface area contributed by atoms with E-state index in [9.17, 15) is 9.90 Å². The maximum atomic E-state index is 13.4. The number of halogens is 1. The maximum Gasteiger partial charge on any atom is 0.262 e. The Bertz CT molecular complexity index is 1020. The van der Waals surface area contributed by atoms with Crippen molar-refractivity contribution in [2.75, 3.05) is 12.1 Å². The molecule has 1 saturated carbocycles. The molecule has 2 aromatic rings. The highest BCUT2D eigenvalue weighted by atomic mass is 35.5. The predicted octanol–water partition coefficient (Wildman–Crippen LogP) is 3.58. The quantitative estimate of drug-likeness (QED) is 0.730. The molecule has 0 unspecified atom stereocenters. The van der Waals surface area contributed by atoms with E-state index in [1.165, 1.54) is 6.20 Å². The lowest BCUT2D eigenvalue weighted by Crippen LogP contribution is -2.51. The summed E-state index contributed by atoms with van der Waals surface area (Å²) >= 11 is 6.31. The molecule has 0 radical (unpaired) electrons. The first-order valence-electron chi connectivity index (χ1n) is 10.2. The van der Waals surface area contributed by atoms with Crippen molar-refractivity contribution in [1.29, 1.82) is 0 Å². The number of hydrogen-bond acceptors (Lipinski definition) is 6. The number of benzene rings is 1. The summed E-state index contributed by atoms with van der Waals surface area (Å²) < 4.78 is 10.8. The molecule has 30 heavy (non-hydrogen) atoms. The molecule has 1 amide bonds. The molecule has 7 nitrogen and oxygen atoms in total. The normalized spacial score (nSPS) is 18.5. The molecule has 1 atom stereocenters. The molecule has 8 heteroatoms. The van der Waals surface area contributed by atoms with Gasteiger partial charge in [-0.25, -0.2) is 4.98 Å². The molecule has 1 aromatic heterocycles. The third-order valence-corrected chi connectivity index (χ3v) is 6.28. The van der Waals surface area contributed by atoms with E-state index in [1.807, 2.05) is 23.1 Å². The Labute approximate surface area is 180 Å². The van der Waals surface area contributed by atoms with Crippen LogP contribution in [0.4, 0.5) is 5.69 Å². The van der Waals surface area contributed by atoms with Crippen molar-refractivity contribution in [2.45, 2.75) is 51.4 Å². The van der Waals surface area contributed by atoms with Crippen LogP contribution in [0.1, 0.15) is 48.2 Å². The molecule has 158 valence electrons. The number of amides is 1. The number of carbonyl (C=O) groups is 1. The van der Waals surface area contributed by atoms with Gasteiger partial charge in [0.25, 0.3) is 11.8 Å². The van der Waals surface area contributed by atoms with Gasteiger partial charge in [0.15, 0.2) is 0 Å². The van der Waals surface area contributed by atoms with Crippen molar-refractivity contribution in [3.63, 3.8) is 0 Å². The van der Waals surface area contributed by atoms with Crippen LogP contribution >= 0.6 is 11.6 Å². The minimum absolute atomic E-state index is 0.0212. The minimum atomic E-state index is -0.945. The van der Waals surface area contributed by atoms with E-state index >= 15 is 0 Å². The average Bonchev–Trinajstić information content (AvgIpc) is 3.29. The molecule has 2 aliphatic heterocycles.